The molecule has 0 amide bonds. The topological polar surface area (TPSA) is 44.8 Å². The van der Waals surface area contributed by atoms with Crippen LogP contribution in [0, 0.1) is 0 Å². The van der Waals surface area contributed by atoms with Crippen LogP contribution in [-0.4, -0.2) is 41.2 Å². The summed E-state index contributed by atoms with van der Waals surface area (Å²) in [6.07, 6.45) is 4.48. The molecule has 0 aliphatic carbocycles. The van der Waals surface area contributed by atoms with E-state index in [4.69, 9.17) is 13.6 Å². The highest BCUT2D eigenvalue weighted by Crippen LogP contribution is 2.40. The Kier molecular flexibility index (Phi) is 13.5. The molecule has 6 heteroatoms. The largest absolute Gasteiger partial charge is 0.410 e. The molecule has 0 N–H and O–H groups in total. The van der Waals surface area contributed by atoms with Crippen LogP contribution >= 0.6 is 0 Å². The van der Waals surface area contributed by atoms with Gasteiger partial charge >= 0.3 is 0 Å². The zero-order chi connectivity index (χ0) is 34.9. The zero-order valence-corrected chi connectivity index (χ0v) is 32.7. The van der Waals surface area contributed by atoms with E-state index in [1.807, 2.05) is 42.5 Å². The molecule has 0 radical (unpaired) electrons. The summed E-state index contributed by atoms with van der Waals surface area (Å²) in [4.78, 5) is 13.0. The lowest BCUT2D eigenvalue weighted by Gasteiger charge is -2.46. The highest BCUT2D eigenvalue weighted by Gasteiger charge is 2.52. The van der Waals surface area contributed by atoms with Crippen molar-refractivity contribution >= 4 is 33.3 Å². The van der Waals surface area contributed by atoms with E-state index in [1.54, 1.807) is 0 Å². The van der Waals surface area contributed by atoms with Crippen molar-refractivity contribution in [2.45, 2.75) is 117 Å². The van der Waals surface area contributed by atoms with Gasteiger partial charge in [-0.3, -0.25) is 0 Å². The van der Waals surface area contributed by atoms with Gasteiger partial charge in [0.15, 0.2) is 14.6 Å². The predicted molar refractivity (Wildman–Crippen MR) is 203 cm³/mol. The lowest BCUT2D eigenvalue weighted by molar-refractivity contribution is -0.124. The van der Waals surface area contributed by atoms with Gasteiger partial charge in [-0.15, -0.1) is 0 Å². The maximum Gasteiger partial charge on any atom is 0.262 e. The van der Waals surface area contributed by atoms with Crippen LogP contribution in [0.15, 0.2) is 114 Å². The minimum atomic E-state index is -3.03. The smallest absolute Gasteiger partial charge is 0.262 e. The maximum atomic E-state index is 13.0. The van der Waals surface area contributed by atoms with E-state index in [9.17, 15) is 4.79 Å². The molecule has 3 atom stereocenters. The van der Waals surface area contributed by atoms with Crippen LogP contribution < -0.4 is 10.4 Å². The molecule has 0 bridgehead atoms. The Balaban J connectivity index is 2.17. The van der Waals surface area contributed by atoms with Gasteiger partial charge in [-0.25, -0.2) is 0 Å². The van der Waals surface area contributed by atoms with Crippen LogP contribution in [0.5, 0.6) is 0 Å². The Morgan fingerprint density at radius 1 is 0.723 bits per heavy atom. The molecule has 3 aromatic carbocycles. The molecule has 3 aromatic rings. The third kappa shape index (κ3) is 9.61. The molecule has 0 aliphatic heterocycles. The summed E-state index contributed by atoms with van der Waals surface area (Å²) in [5.41, 5.74) is 3.18. The average molecular weight is 671 g/mol. The molecular weight excluding hydrogens is 613 g/mol. The molecule has 254 valence electrons. The second-order valence-electron chi connectivity index (χ2n) is 15.2. The molecule has 0 saturated heterocycles. The second-order valence-corrected chi connectivity index (χ2v) is 24.2. The number of rotatable bonds is 15. The summed E-state index contributed by atoms with van der Waals surface area (Å²) >= 11 is 0. The first-order valence-electron chi connectivity index (χ1n) is 16.9. The SMILES string of the molecule is C/C=C(/C)[C@@H](C/C=C(\C)[C@@H](O[Si](c1ccccc1)(c1ccccc1)C(C)(C)C)[C@@H](C=O)OCc1ccccc1)O[Si](C)(C)C(C)(C)C. The first-order valence-corrected chi connectivity index (χ1v) is 21.8. The fourth-order valence-corrected chi connectivity index (χ4v) is 11.8. The van der Waals surface area contributed by atoms with Crippen LogP contribution in [0.4, 0.5) is 0 Å². The van der Waals surface area contributed by atoms with Crippen LogP contribution in [-0.2, 0) is 25.0 Å². The number of aldehydes is 1. The van der Waals surface area contributed by atoms with Crippen LogP contribution in [0.3, 0.4) is 0 Å². The molecular formula is C41H58O4Si2. The van der Waals surface area contributed by atoms with Crippen molar-refractivity contribution < 1.29 is 18.4 Å². The molecule has 0 heterocycles. The number of allylic oxidation sites excluding steroid dienone is 1. The third-order valence-corrected chi connectivity index (χ3v) is 19.2. The summed E-state index contributed by atoms with van der Waals surface area (Å²) in [5, 5.41) is 2.14. The van der Waals surface area contributed by atoms with Crippen molar-refractivity contribution in [3.8, 4) is 0 Å². The molecule has 0 fully saturated rings. The lowest BCUT2D eigenvalue weighted by Crippen LogP contribution is -2.68. The molecule has 0 spiro atoms. The summed E-state index contributed by atoms with van der Waals surface area (Å²) in [7, 11) is -5.08. The fourth-order valence-electron chi connectivity index (χ4n) is 5.72. The number of ether oxygens (including phenoxy) is 1. The average Bonchev–Trinajstić information content (AvgIpc) is 3.04. The van der Waals surface area contributed by atoms with Gasteiger partial charge in [-0.1, -0.05) is 145 Å². The molecule has 0 aromatic heterocycles. The van der Waals surface area contributed by atoms with Crippen molar-refractivity contribution in [2.75, 3.05) is 0 Å². The minimum Gasteiger partial charge on any atom is -0.410 e. The fraction of sp³-hybridized carbons (Fsp3) is 0.439. The number of carbonyl (C=O) groups excluding carboxylic acids is 1. The van der Waals surface area contributed by atoms with E-state index in [0.717, 1.165) is 27.8 Å². The molecule has 0 unspecified atom stereocenters. The summed E-state index contributed by atoms with van der Waals surface area (Å²) in [5.74, 6) is 0. The summed E-state index contributed by atoms with van der Waals surface area (Å²) in [6.45, 7) is 24.8. The van der Waals surface area contributed by atoms with Crippen LogP contribution in [0.25, 0.3) is 0 Å². The Bertz CT molecular complexity index is 1410. The number of carbonyl (C=O) groups is 1. The Hall–Kier alpha value is -2.88. The van der Waals surface area contributed by atoms with E-state index in [2.05, 4.69) is 136 Å². The summed E-state index contributed by atoms with van der Waals surface area (Å²) < 4.78 is 21.0. The first kappa shape index (κ1) is 38.6. The Morgan fingerprint density at radius 2 is 1.21 bits per heavy atom. The van der Waals surface area contributed by atoms with Gasteiger partial charge in [0, 0.05) is 0 Å². The van der Waals surface area contributed by atoms with E-state index in [0.29, 0.717) is 13.0 Å². The lowest BCUT2D eigenvalue weighted by atomic mass is 10.0. The highest BCUT2D eigenvalue weighted by molar-refractivity contribution is 6.99. The van der Waals surface area contributed by atoms with Gasteiger partial charge < -0.3 is 18.4 Å². The van der Waals surface area contributed by atoms with Crippen molar-refractivity contribution in [3.05, 3.63) is 120 Å². The van der Waals surface area contributed by atoms with Crippen molar-refractivity contribution in [1.82, 2.24) is 0 Å². The standard InChI is InChI=1S/C41H58O4Si2/c1-12-32(2)37(44-46(10,11)40(4,5)6)29-28-33(3)39(38(30-42)43-31-34-22-16-13-17-23-34)45-47(41(7,8)9,35-24-18-14-19-25-35)36-26-20-15-21-27-36/h12-28,30,37-39H,29,31H2,1-11H3/b32-12-,33-28+/t37-,38-,39-/m1/s1. The normalized spacial score (nSPS) is 15.6. The van der Waals surface area contributed by atoms with Crippen molar-refractivity contribution in [2.24, 2.45) is 0 Å². The molecule has 3 rings (SSSR count). The first-order chi connectivity index (χ1) is 22.1. The number of hydrogen-bond donors (Lipinski definition) is 0. The quantitative estimate of drug-likeness (QED) is 0.0918. The summed E-state index contributed by atoms with van der Waals surface area (Å²) in [6, 6.07) is 31.1. The molecule has 0 aliphatic rings. The maximum absolute atomic E-state index is 13.0. The molecule has 4 nitrogen and oxygen atoms in total. The Labute approximate surface area is 287 Å². The van der Waals surface area contributed by atoms with Gasteiger partial charge in [-0.2, -0.15) is 0 Å². The van der Waals surface area contributed by atoms with Crippen LogP contribution in [0.2, 0.25) is 23.2 Å². The highest BCUT2D eigenvalue weighted by atomic mass is 28.4. The van der Waals surface area contributed by atoms with Crippen LogP contribution in [0.1, 0.15) is 74.3 Å². The monoisotopic (exact) mass is 670 g/mol. The van der Waals surface area contributed by atoms with Gasteiger partial charge in [-0.05, 0) is 77.4 Å². The predicted octanol–water partition coefficient (Wildman–Crippen LogP) is 9.41. The van der Waals surface area contributed by atoms with Gasteiger partial charge in [0.1, 0.15) is 12.2 Å². The van der Waals surface area contributed by atoms with Gasteiger partial charge in [0.25, 0.3) is 8.32 Å². The zero-order valence-electron chi connectivity index (χ0n) is 30.7. The Morgan fingerprint density at radius 3 is 1.64 bits per heavy atom. The minimum absolute atomic E-state index is 0.0655. The van der Waals surface area contributed by atoms with Gasteiger partial charge in [0.2, 0.25) is 0 Å². The van der Waals surface area contributed by atoms with Gasteiger partial charge in [0.05, 0.1) is 12.7 Å². The van der Waals surface area contributed by atoms with E-state index in [-0.39, 0.29) is 16.2 Å². The number of hydrogen-bond acceptors (Lipinski definition) is 4. The number of benzene rings is 3. The van der Waals surface area contributed by atoms with Crippen molar-refractivity contribution in [1.29, 1.82) is 0 Å². The van der Waals surface area contributed by atoms with E-state index >= 15 is 0 Å². The van der Waals surface area contributed by atoms with E-state index < -0.39 is 28.8 Å². The molecule has 0 saturated carbocycles. The molecule has 47 heavy (non-hydrogen) atoms. The van der Waals surface area contributed by atoms with Crippen molar-refractivity contribution in [3.63, 3.8) is 0 Å². The van der Waals surface area contributed by atoms with E-state index in [1.165, 1.54) is 5.57 Å². The second kappa shape index (κ2) is 16.5. The third-order valence-electron chi connectivity index (χ3n) is 9.75.